The van der Waals surface area contributed by atoms with Crippen molar-refractivity contribution in [3.63, 3.8) is 0 Å². The molecule has 0 unspecified atom stereocenters. The highest BCUT2D eigenvalue weighted by Gasteiger charge is 2.36. The van der Waals surface area contributed by atoms with Gasteiger partial charge >= 0.3 is 0 Å². The lowest BCUT2D eigenvalue weighted by Crippen LogP contribution is -2.15. The SMILES string of the molecule is CC1(C)c2ccccc2-c2cc(Br)cc(Br)c21. The zero-order valence-corrected chi connectivity index (χ0v) is 12.9. The summed E-state index contributed by atoms with van der Waals surface area (Å²) in [6.07, 6.45) is 0. The highest BCUT2D eigenvalue weighted by atomic mass is 79.9. The first-order valence-electron chi connectivity index (χ1n) is 5.61. The molecule has 0 saturated carbocycles. The lowest BCUT2D eigenvalue weighted by Gasteiger charge is -2.22. The fourth-order valence-electron chi connectivity index (χ4n) is 2.82. The Hall–Kier alpha value is -0.600. The first kappa shape index (κ1) is 11.5. The smallest absolute Gasteiger partial charge is 0.0233 e. The number of benzene rings is 2. The van der Waals surface area contributed by atoms with Crippen LogP contribution in [0.25, 0.3) is 11.1 Å². The monoisotopic (exact) mass is 350 g/mol. The van der Waals surface area contributed by atoms with E-state index in [2.05, 4.69) is 82.1 Å². The normalized spacial score (nSPS) is 15.5. The van der Waals surface area contributed by atoms with Crippen LogP contribution in [0.15, 0.2) is 45.3 Å². The van der Waals surface area contributed by atoms with Gasteiger partial charge < -0.3 is 0 Å². The third-order valence-electron chi connectivity index (χ3n) is 3.57. The summed E-state index contributed by atoms with van der Waals surface area (Å²) in [7, 11) is 0. The van der Waals surface area contributed by atoms with Gasteiger partial charge in [-0.25, -0.2) is 0 Å². The van der Waals surface area contributed by atoms with Gasteiger partial charge in [0.25, 0.3) is 0 Å². The standard InChI is InChI=1S/C15H12Br2/c1-15(2)12-6-4-3-5-10(12)11-7-9(16)8-13(17)14(11)15/h3-8H,1-2H3. The van der Waals surface area contributed by atoms with Gasteiger partial charge in [0, 0.05) is 14.4 Å². The van der Waals surface area contributed by atoms with Gasteiger partial charge in [-0.2, -0.15) is 0 Å². The van der Waals surface area contributed by atoms with Crippen molar-refractivity contribution < 1.29 is 0 Å². The maximum Gasteiger partial charge on any atom is 0.0233 e. The number of hydrogen-bond donors (Lipinski definition) is 0. The van der Waals surface area contributed by atoms with E-state index in [0.29, 0.717) is 0 Å². The lowest BCUT2D eigenvalue weighted by atomic mass is 9.82. The fraction of sp³-hybridized carbons (Fsp3) is 0.200. The van der Waals surface area contributed by atoms with Gasteiger partial charge in [0.2, 0.25) is 0 Å². The van der Waals surface area contributed by atoms with E-state index in [4.69, 9.17) is 0 Å². The summed E-state index contributed by atoms with van der Waals surface area (Å²) < 4.78 is 2.30. The summed E-state index contributed by atoms with van der Waals surface area (Å²) in [5.74, 6) is 0. The van der Waals surface area contributed by atoms with Gasteiger partial charge in [0.1, 0.15) is 0 Å². The van der Waals surface area contributed by atoms with E-state index in [9.17, 15) is 0 Å². The van der Waals surface area contributed by atoms with Gasteiger partial charge in [-0.15, -0.1) is 0 Å². The zero-order valence-electron chi connectivity index (χ0n) is 9.72. The fourth-order valence-corrected chi connectivity index (χ4v) is 4.54. The predicted octanol–water partition coefficient (Wildman–Crippen LogP) is 5.52. The van der Waals surface area contributed by atoms with Crippen LogP contribution in [-0.4, -0.2) is 0 Å². The molecule has 0 heterocycles. The van der Waals surface area contributed by atoms with Crippen molar-refractivity contribution in [1.29, 1.82) is 0 Å². The van der Waals surface area contributed by atoms with E-state index in [1.165, 1.54) is 26.7 Å². The van der Waals surface area contributed by atoms with Crippen LogP contribution in [0, 0.1) is 0 Å². The Morgan fingerprint density at radius 3 is 2.41 bits per heavy atom. The molecule has 3 rings (SSSR count). The van der Waals surface area contributed by atoms with Crippen LogP contribution in [0.1, 0.15) is 25.0 Å². The van der Waals surface area contributed by atoms with Crippen LogP contribution in [0.2, 0.25) is 0 Å². The van der Waals surface area contributed by atoms with E-state index in [-0.39, 0.29) is 5.41 Å². The second kappa shape index (κ2) is 3.69. The molecule has 0 N–H and O–H groups in total. The second-order valence-electron chi connectivity index (χ2n) is 4.98. The first-order valence-corrected chi connectivity index (χ1v) is 7.20. The summed E-state index contributed by atoms with van der Waals surface area (Å²) in [4.78, 5) is 0. The van der Waals surface area contributed by atoms with Gasteiger partial charge in [0.15, 0.2) is 0 Å². The molecule has 0 aromatic heterocycles. The van der Waals surface area contributed by atoms with E-state index in [1.807, 2.05) is 0 Å². The summed E-state index contributed by atoms with van der Waals surface area (Å²) in [6.45, 7) is 4.58. The van der Waals surface area contributed by atoms with Gasteiger partial charge in [-0.05, 0) is 34.4 Å². The molecule has 0 nitrogen and oxygen atoms in total. The molecule has 2 heteroatoms. The molecule has 17 heavy (non-hydrogen) atoms. The Balaban J connectivity index is 2.44. The molecule has 0 bridgehead atoms. The molecule has 0 spiro atoms. The number of rotatable bonds is 0. The number of halogens is 2. The van der Waals surface area contributed by atoms with Crippen LogP contribution < -0.4 is 0 Å². The molecular formula is C15H12Br2. The minimum Gasteiger partial charge on any atom is -0.0619 e. The molecule has 1 aliphatic rings. The molecule has 0 atom stereocenters. The van der Waals surface area contributed by atoms with E-state index in [1.54, 1.807) is 0 Å². The van der Waals surface area contributed by atoms with Gasteiger partial charge in [-0.1, -0.05) is 70.0 Å². The van der Waals surface area contributed by atoms with Crippen LogP contribution in [-0.2, 0) is 5.41 Å². The van der Waals surface area contributed by atoms with Gasteiger partial charge in [0.05, 0.1) is 0 Å². The topological polar surface area (TPSA) is 0 Å². The molecule has 0 saturated heterocycles. The van der Waals surface area contributed by atoms with Crippen molar-refractivity contribution in [2.45, 2.75) is 19.3 Å². The van der Waals surface area contributed by atoms with Crippen LogP contribution >= 0.6 is 31.9 Å². The van der Waals surface area contributed by atoms with Gasteiger partial charge in [-0.3, -0.25) is 0 Å². The molecule has 0 aliphatic heterocycles. The van der Waals surface area contributed by atoms with Crippen molar-refractivity contribution in [2.24, 2.45) is 0 Å². The molecule has 0 amide bonds. The number of hydrogen-bond acceptors (Lipinski definition) is 0. The highest BCUT2D eigenvalue weighted by molar-refractivity contribution is 9.11. The van der Waals surface area contributed by atoms with E-state index >= 15 is 0 Å². The summed E-state index contributed by atoms with van der Waals surface area (Å²) in [5, 5.41) is 0. The third-order valence-corrected chi connectivity index (χ3v) is 4.65. The van der Waals surface area contributed by atoms with Crippen molar-refractivity contribution in [3.8, 4) is 11.1 Å². The van der Waals surface area contributed by atoms with Crippen LogP contribution in [0.4, 0.5) is 0 Å². The molecule has 1 aliphatic carbocycles. The Labute approximate surface area is 118 Å². The second-order valence-corrected chi connectivity index (χ2v) is 6.75. The van der Waals surface area contributed by atoms with Crippen LogP contribution in [0.5, 0.6) is 0 Å². The summed E-state index contributed by atoms with van der Waals surface area (Å²) in [5.41, 5.74) is 5.57. The summed E-state index contributed by atoms with van der Waals surface area (Å²) >= 11 is 7.28. The molecule has 2 aromatic rings. The Morgan fingerprint density at radius 2 is 1.65 bits per heavy atom. The Kier molecular flexibility index (Phi) is 2.50. The lowest BCUT2D eigenvalue weighted by molar-refractivity contribution is 0.657. The average molecular weight is 352 g/mol. The largest absolute Gasteiger partial charge is 0.0619 e. The van der Waals surface area contributed by atoms with E-state index in [0.717, 1.165) is 4.47 Å². The maximum atomic E-state index is 3.70. The van der Waals surface area contributed by atoms with Crippen molar-refractivity contribution in [3.05, 3.63) is 56.5 Å². The Bertz CT molecular complexity index is 612. The van der Waals surface area contributed by atoms with E-state index < -0.39 is 0 Å². The van der Waals surface area contributed by atoms with Crippen molar-refractivity contribution in [2.75, 3.05) is 0 Å². The zero-order chi connectivity index (χ0) is 12.2. The molecule has 0 radical (unpaired) electrons. The minimum atomic E-state index is 0.0749. The van der Waals surface area contributed by atoms with Crippen molar-refractivity contribution in [1.82, 2.24) is 0 Å². The average Bonchev–Trinajstić information content (AvgIpc) is 2.49. The quantitative estimate of drug-likeness (QED) is 0.586. The van der Waals surface area contributed by atoms with Crippen molar-refractivity contribution >= 4 is 31.9 Å². The molecule has 2 aromatic carbocycles. The molecule has 0 fully saturated rings. The van der Waals surface area contributed by atoms with Crippen LogP contribution in [0.3, 0.4) is 0 Å². The Morgan fingerprint density at radius 1 is 0.941 bits per heavy atom. The maximum absolute atomic E-state index is 3.70. The molecular weight excluding hydrogens is 340 g/mol. The summed E-state index contributed by atoms with van der Waals surface area (Å²) in [6, 6.07) is 13.0. The predicted molar refractivity (Wildman–Crippen MR) is 79.4 cm³/mol. The number of fused-ring (bicyclic) bond motifs is 3. The first-order chi connectivity index (χ1) is 8.01. The molecule has 86 valence electrons. The minimum absolute atomic E-state index is 0.0749. The third kappa shape index (κ3) is 1.54. The highest BCUT2D eigenvalue weighted by Crippen LogP contribution is 2.51.